The molecule has 0 bridgehead atoms. The summed E-state index contributed by atoms with van der Waals surface area (Å²) in [6.07, 6.45) is 1.94. The summed E-state index contributed by atoms with van der Waals surface area (Å²) in [5.74, 6) is -0.419. The summed E-state index contributed by atoms with van der Waals surface area (Å²) >= 11 is 0. The molecule has 0 aliphatic rings. The number of hydrogen-bond acceptors (Lipinski definition) is 3. The van der Waals surface area contributed by atoms with Gasteiger partial charge in [-0.1, -0.05) is 0 Å². The van der Waals surface area contributed by atoms with Gasteiger partial charge in [0, 0.05) is 18.8 Å². The summed E-state index contributed by atoms with van der Waals surface area (Å²) in [5, 5.41) is 11.3. The Morgan fingerprint density at radius 2 is 2.40 bits per heavy atom. The molecule has 0 radical (unpaired) electrons. The number of rotatable bonds is 4. The van der Waals surface area contributed by atoms with Gasteiger partial charge in [0.25, 0.3) is 11.5 Å². The van der Waals surface area contributed by atoms with Crippen molar-refractivity contribution < 1.29 is 9.90 Å². The lowest BCUT2D eigenvalue weighted by Gasteiger charge is -2.11. The fraction of sp³-hybridized carbons (Fsp3) is 0.400. The Bertz CT molecular complexity index is 386. The quantitative estimate of drug-likeness (QED) is 0.647. The third kappa shape index (κ3) is 3.21. The van der Waals surface area contributed by atoms with Crippen molar-refractivity contribution in [3.8, 4) is 0 Å². The molecule has 0 saturated carbocycles. The molecule has 1 unspecified atom stereocenters. The highest BCUT2D eigenvalue weighted by atomic mass is 16.3. The van der Waals surface area contributed by atoms with E-state index < -0.39 is 11.5 Å². The standard InChI is InChI=1S/C10H14N2O3/c1-7(4-6-13)12-10(15)8-3-2-5-11-9(8)14/h2-3,5,7,13H,4,6H2,1H3,(H,11,14)(H,12,15). The molecule has 0 saturated heterocycles. The Balaban J connectivity index is 2.70. The molecule has 0 fully saturated rings. The molecule has 1 rings (SSSR count). The highest BCUT2D eigenvalue weighted by Gasteiger charge is 2.11. The van der Waals surface area contributed by atoms with E-state index in [-0.39, 0.29) is 18.2 Å². The zero-order valence-electron chi connectivity index (χ0n) is 8.49. The van der Waals surface area contributed by atoms with Crippen molar-refractivity contribution in [2.24, 2.45) is 0 Å². The van der Waals surface area contributed by atoms with E-state index in [0.29, 0.717) is 6.42 Å². The van der Waals surface area contributed by atoms with E-state index in [9.17, 15) is 9.59 Å². The molecule has 0 aliphatic carbocycles. The summed E-state index contributed by atoms with van der Waals surface area (Å²) in [7, 11) is 0. The van der Waals surface area contributed by atoms with Gasteiger partial charge in [0.15, 0.2) is 0 Å². The van der Waals surface area contributed by atoms with E-state index in [1.165, 1.54) is 12.3 Å². The largest absolute Gasteiger partial charge is 0.396 e. The van der Waals surface area contributed by atoms with Crippen LogP contribution in [0.2, 0.25) is 0 Å². The lowest BCUT2D eigenvalue weighted by atomic mass is 10.2. The van der Waals surface area contributed by atoms with Crippen LogP contribution in [0.15, 0.2) is 23.1 Å². The molecule has 1 aromatic heterocycles. The highest BCUT2D eigenvalue weighted by Crippen LogP contribution is 1.93. The average Bonchev–Trinajstić information content (AvgIpc) is 2.18. The van der Waals surface area contributed by atoms with E-state index in [1.54, 1.807) is 13.0 Å². The molecule has 0 spiro atoms. The number of hydrogen-bond donors (Lipinski definition) is 3. The average molecular weight is 210 g/mol. The van der Waals surface area contributed by atoms with Crippen molar-refractivity contribution in [3.05, 3.63) is 34.2 Å². The number of H-pyrrole nitrogens is 1. The third-order valence-electron chi connectivity index (χ3n) is 2.00. The van der Waals surface area contributed by atoms with Crippen LogP contribution in [0.25, 0.3) is 0 Å². The maximum atomic E-state index is 11.5. The highest BCUT2D eigenvalue weighted by molar-refractivity contribution is 5.93. The van der Waals surface area contributed by atoms with Crippen LogP contribution < -0.4 is 10.9 Å². The van der Waals surface area contributed by atoms with E-state index >= 15 is 0 Å². The topological polar surface area (TPSA) is 82.2 Å². The normalized spacial score (nSPS) is 12.1. The minimum atomic E-state index is -0.419. The van der Waals surface area contributed by atoms with Crippen molar-refractivity contribution in [3.63, 3.8) is 0 Å². The summed E-state index contributed by atoms with van der Waals surface area (Å²) < 4.78 is 0. The van der Waals surface area contributed by atoms with Crippen LogP contribution >= 0.6 is 0 Å². The first-order chi connectivity index (χ1) is 7.15. The second-order valence-electron chi connectivity index (χ2n) is 3.30. The molecule has 0 aliphatic heterocycles. The molecule has 82 valence electrons. The van der Waals surface area contributed by atoms with Crippen molar-refractivity contribution in [1.29, 1.82) is 0 Å². The fourth-order valence-corrected chi connectivity index (χ4v) is 1.17. The lowest BCUT2D eigenvalue weighted by molar-refractivity contribution is 0.0933. The van der Waals surface area contributed by atoms with Gasteiger partial charge in [-0.2, -0.15) is 0 Å². The van der Waals surface area contributed by atoms with Gasteiger partial charge in [-0.3, -0.25) is 9.59 Å². The number of amides is 1. The van der Waals surface area contributed by atoms with Crippen molar-refractivity contribution in [1.82, 2.24) is 10.3 Å². The second-order valence-corrected chi connectivity index (χ2v) is 3.30. The molecule has 1 atom stereocenters. The summed E-state index contributed by atoms with van der Waals surface area (Å²) in [6.45, 7) is 1.78. The number of carbonyl (C=O) groups excluding carboxylic acids is 1. The SMILES string of the molecule is CC(CCO)NC(=O)c1ccc[nH]c1=O. The van der Waals surface area contributed by atoms with Crippen molar-refractivity contribution in [2.45, 2.75) is 19.4 Å². The molecule has 15 heavy (non-hydrogen) atoms. The maximum absolute atomic E-state index is 11.5. The smallest absolute Gasteiger partial charge is 0.260 e. The second kappa shape index (κ2) is 5.31. The van der Waals surface area contributed by atoms with Crippen LogP contribution in [0.5, 0.6) is 0 Å². The predicted molar refractivity (Wildman–Crippen MR) is 55.7 cm³/mol. The molecule has 1 heterocycles. The van der Waals surface area contributed by atoms with Gasteiger partial charge in [0.1, 0.15) is 5.56 Å². The number of aromatic nitrogens is 1. The van der Waals surface area contributed by atoms with Gasteiger partial charge in [-0.05, 0) is 25.5 Å². The van der Waals surface area contributed by atoms with Crippen LogP contribution in [-0.2, 0) is 0 Å². The number of aliphatic hydroxyl groups excluding tert-OH is 1. The summed E-state index contributed by atoms with van der Waals surface area (Å²) in [5.41, 5.74) is -0.325. The Kier molecular flexibility index (Phi) is 4.05. The van der Waals surface area contributed by atoms with E-state index in [0.717, 1.165) is 0 Å². The van der Waals surface area contributed by atoms with E-state index in [1.807, 2.05) is 0 Å². The summed E-state index contributed by atoms with van der Waals surface area (Å²) in [6, 6.07) is 2.90. The predicted octanol–water partition coefficient (Wildman–Crippen LogP) is -0.124. The number of nitrogens with one attached hydrogen (secondary N) is 2. The maximum Gasteiger partial charge on any atom is 0.260 e. The molecular weight excluding hydrogens is 196 g/mol. The van der Waals surface area contributed by atoms with Crippen molar-refractivity contribution in [2.75, 3.05) is 6.61 Å². The molecule has 1 amide bonds. The Labute approximate surface area is 87.1 Å². The molecular formula is C10H14N2O3. The van der Waals surface area contributed by atoms with Gasteiger partial charge < -0.3 is 15.4 Å². The summed E-state index contributed by atoms with van der Waals surface area (Å²) in [4.78, 5) is 25.2. The number of aromatic amines is 1. The minimum Gasteiger partial charge on any atom is -0.396 e. The van der Waals surface area contributed by atoms with Crippen LogP contribution in [0, 0.1) is 0 Å². The van der Waals surface area contributed by atoms with Crippen molar-refractivity contribution >= 4 is 5.91 Å². The van der Waals surface area contributed by atoms with E-state index in [4.69, 9.17) is 5.11 Å². The Morgan fingerprint density at radius 1 is 1.67 bits per heavy atom. The lowest BCUT2D eigenvalue weighted by Crippen LogP contribution is -2.36. The zero-order chi connectivity index (χ0) is 11.3. The minimum absolute atomic E-state index is 0.00654. The third-order valence-corrected chi connectivity index (χ3v) is 2.00. The molecule has 3 N–H and O–H groups in total. The molecule has 5 heteroatoms. The monoisotopic (exact) mass is 210 g/mol. The molecule has 5 nitrogen and oxygen atoms in total. The van der Waals surface area contributed by atoms with Crippen LogP contribution in [0.3, 0.4) is 0 Å². The fourth-order valence-electron chi connectivity index (χ4n) is 1.17. The van der Waals surface area contributed by atoms with Gasteiger partial charge in [0.05, 0.1) is 0 Å². The van der Waals surface area contributed by atoms with Gasteiger partial charge >= 0.3 is 0 Å². The van der Waals surface area contributed by atoms with Crippen LogP contribution in [-0.4, -0.2) is 28.6 Å². The molecule has 0 aromatic carbocycles. The van der Waals surface area contributed by atoms with Crippen LogP contribution in [0.4, 0.5) is 0 Å². The molecule has 1 aromatic rings. The first-order valence-electron chi connectivity index (χ1n) is 4.74. The number of pyridine rings is 1. The van der Waals surface area contributed by atoms with E-state index in [2.05, 4.69) is 10.3 Å². The number of aliphatic hydroxyl groups is 1. The van der Waals surface area contributed by atoms with Gasteiger partial charge in [0.2, 0.25) is 0 Å². The Hall–Kier alpha value is -1.62. The van der Waals surface area contributed by atoms with Gasteiger partial charge in [-0.25, -0.2) is 0 Å². The zero-order valence-corrected chi connectivity index (χ0v) is 8.49. The van der Waals surface area contributed by atoms with Gasteiger partial charge in [-0.15, -0.1) is 0 Å². The first-order valence-corrected chi connectivity index (χ1v) is 4.74. The first kappa shape index (κ1) is 11.5. The van der Waals surface area contributed by atoms with Crippen LogP contribution in [0.1, 0.15) is 23.7 Å². The Morgan fingerprint density at radius 3 is 3.00 bits per heavy atom. The number of carbonyl (C=O) groups is 1.